The second kappa shape index (κ2) is 11.3. The molecule has 1 aromatic heterocycles. The summed E-state index contributed by atoms with van der Waals surface area (Å²) >= 11 is 4.78. The number of esters is 1. The summed E-state index contributed by atoms with van der Waals surface area (Å²) in [5.41, 5.74) is 6.08. The maximum Gasteiger partial charge on any atom is 0.305 e. The quantitative estimate of drug-likeness (QED) is 0.205. The lowest BCUT2D eigenvalue weighted by Gasteiger charge is -2.18. The van der Waals surface area contributed by atoms with E-state index in [1.54, 1.807) is 25.1 Å². The van der Waals surface area contributed by atoms with Gasteiger partial charge in [-0.15, -0.1) is 11.3 Å². The maximum absolute atomic E-state index is 12.4. The van der Waals surface area contributed by atoms with Gasteiger partial charge in [-0.05, 0) is 40.2 Å². The molecule has 1 unspecified atom stereocenters. The lowest BCUT2D eigenvalue weighted by molar-refractivity contribution is -0.144. The van der Waals surface area contributed by atoms with E-state index in [1.165, 1.54) is 17.4 Å². The molecule has 0 spiro atoms. The second-order valence-electron chi connectivity index (χ2n) is 6.13. The highest BCUT2D eigenvalue weighted by Gasteiger charge is 2.19. The molecule has 6 N–H and O–H groups in total. The number of benzene rings is 1. The molecule has 1 aromatic carbocycles. The van der Waals surface area contributed by atoms with Crippen LogP contribution in [0.3, 0.4) is 0 Å². The average Bonchev–Trinajstić information content (AvgIpc) is 3.14. The van der Waals surface area contributed by atoms with Crippen molar-refractivity contribution in [1.29, 1.82) is 5.41 Å². The number of guanidine groups is 1. The van der Waals surface area contributed by atoms with Crippen LogP contribution in [0.25, 0.3) is 0 Å². The molecule has 0 bridgehead atoms. The van der Waals surface area contributed by atoms with Crippen LogP contribution in [0.2, 0.25) is 0 Å². The molecule has 2 aromatic rings. The summed E-state index contributed by atoms with van der Waals surface area (Å²) in [6, 6.07) is 7.70. The molecule has 0 aliphatic carbocycles. The maximum atomic E-state index is 12.4. The molecule has 30 heavy (non-hydrogen) atoms. The first kappa shape index (κ1) is 23.4. The molecule has 1 atom stereocenters. The van der Waals surface area contributed by atoms with E-state index < -0.39 is 17.9 Å². The number of ether oxygens (including phenoxy) is 1. The van der Waals surface area contributed by atoms with Gasteiger partial charge in [0.25, 0.3) is 5.91 Å². The SMILES string of the molecule is CCC(=O)OCC(NC(=O)CNC(=O)c1cccc(NC(=N)N)c1)c1cc(Br)cs1. The molecule has 1 heterocycles. The minimum atomic E-state index is -0.524. The van der Waals surface area contributed by atoms with Crippen LogP contribution in [0.1, 0.15) is 34.6 Å². The third kappa shape index (κ3) is 7.48. The van der Waals surface area contributed by atoms with Gasteiger partial charge in [-0.1, -0.05) is 13.0 Å². The van der Waals surface area contributed by atoms with Crippen molar-refractivity contribution in [2.75, 3.05) is 18.5 Å². The van der Waals surface area contributed by atoms with Crippen molar-refractivity contribution in [2.24, 2.45) is 5.73 Å². The number of halogens is 1. The van der Waals surface area contributed by atoms with Gasteiger partial charge in [0, 0.05) is 32.4 Å². The Morgan fingerprint density at radius 3 is 2.70 bits per heavy atom. The third-order valence-corrected chi connectivity index (χ3v) is 5.59. The van der Waals surface area contributed by atoms with Crippen LogP contribution in [0.4, 0.5) is 5.69 Å². The Kier molecular flexibility index (Phi) is 8.81. The van der Waals surface area contributed by atoms with Crippen LogP contribution in [-0.2, 0) is 14.3 Å². The van der Waals surface area contributed by atoms with Gasteiger partial charge in [-0.25, -0.2) is 0 Å². The number of thiophene rings is 1. The van der Waals surface area contributed by atoms with Crippen molar-refractivity contribution in [3.63, 3.8) is 0 Å². The zero-order valence-electron chi connectivity index (χ0n) is 16.2. The van der Waals surface area contributed by atoms with Gasteiger partial charge < -0.3 is 26.4 Å². The molecule has 2 amide bonds. The van der Waals surface area contributed by atoms with Gasteiger partial charge in [0.15, 0.2) is 5.96 Å². The smallest absolute Gasteiger partial charge is 0.305 e. The molecule has 0 radical (unpaired) electrons. The van der Waals surface area contributed by atoms with Crippen LogP contribution in [-0.4, -0.2) is 36.9 Å². The van der Waals surface area contributed by atoms with Crippen LogP contribution in [0.15, 0.2) is 40.2 Å². The number of carbonyl (C=O) groups excluding carboxylic acids is 3. The average molecular weight is 496 g/mol. The number of amides is 2. The lowest BCUT2D eigenvalue weighted by Crippen LogP contribution is -2.40. The second-order valence-corrected chi connectivity index (χ2v) is 7.98. The van der Waals surface area contributed by atoms with Crippen molar-refractivity contribution in [3.8, 4) is 0 Å². The van der Waals surface area contributed by atoms with Crippen molar-refractivity contribution >= 4 is 56.7 Å². The van der Waals surface area contributed by atoms with Gasteiger partial charge >= 0.3 is 5.97 Å². The van der Waals surface area contributed by atoms with Crippen LogP contribution in [0, 0.1) is 5.41 Å². The molecule has 0 fully saturated rings. The van der Waals surface area contributed by atoms with Crippen molar-refractivity contribution in [2.45, 2.75) is 19.4 Å². The first-order valence-corrected chi connectivity index (χ1v) is 10.6. The van der Waals surface area contributed by atoms with Crippen LogP contribution >= 0.6 is 27.3 Å². The third-order valence-electron chi connectivity index (χ3n) is 3.78. The van der Waals surface area contributed by atoms with Gasteiger partial charge in [0.05, 0.1) is 12.6 Å². The minimum absolute atomic E-state index is 0.00191. The highest BCUT2D eigenvalue weighted by Crippen LogP contribution is 2.26. The highest BCUT2D eigenvalue weighted by atomic mass is 79.9. The summed E-state index contributed by atoms with van der Waals surface area (Å²) in [5.74, 6) is -1.49. The van der Waals surface area contributed by atoms with E-state index in [-0.39, 0.29) is 31.5 Å². The predicted octanol–water partition coefficient (Wildman–Crippen LogP) is 2.36. The Morgan fingerprint density at radius 1 is 1.30 bits per heavy atom. The fraction of sp³-hybridized carbons (Fsp3) is 0.263. The molecular weight excluding hydrogens is 474 g/mol. The minimum Gasteiger partial charge on any atom is -0.463 e. The fourth-order valence-electron chi connectivity index (χ4n) is 2.39. The summed E-state index contributed by atoms with van der Waals surface area (Å²) in [6.07, 6.45) is 0.239. The monoisotopic (exact) mass is 495 g/mol. The molecule has 0 aliphatic heterocycles. The van der Waals surface area contributed by atoms with E-state index in [1.807, 2.05) is 11.4 Å². The van der Waals surface area contributed by atoms with Crippen molar-refractivity contribution in [3.05, 3.63) is 50.6 Å². The standard InChI is InChI=1S/C19H22BrN5O4S/c1-2-17(27)29-9-14(15-7-12(20)10-30-15)25-16(26)8-23-18(28)11-4-3-5-13(6-11)24-19(21)22/h3-7,10,14H,2,8-9H2,1H3,(H,23,28)(H,25,26)(H4,21,22,24). The summed E-state index contributed by atoms with van der Waals surface area (Å²) < 4.78 is 6.03. The number of nitrogens with one attached hydrogen (secondary N) is 4. The van der Waals surface area contributed by atoms with E-state index in [2.05, 4.69) is 31.9 Å². The first-order valence-electron chi connectivity index (χ1n) is 8.96. The zero-order valence-corrected chi connectivity index (χ0v) is 18.6. The fourth-order valence-corrected chi connectivity index (χ4v) is 3.87. The van der Waals surface area contributed by atoms with E-state index in [4.69, 9.17) is 15.9 Å². The largest absolute Gasteiger partial charge is 0.463 e. The molecule has 0 saturated heterocycles. The Labute approximate surface area is 186 Å². The molecule has 0 saturated carbocycles. The normalized spacial score (nSPS) is 11.3. The van der Waals surface area contributed by atoms with Crippen molar-refractivity contribution in [1.82, 2.24) is 10.6 Å². The van der Waals surface area contributed by atoms with Crippen LogP contribution < -0.4 is 21.7 Å². The van der Waals surface area contributed by atoms with Crippen molar-refractivity contribution < 1.29 is 19.1 Å². The number of carbonyl (C=O) groups is 3. The van der Waals surface area contributed by atoms with Crippen LogP contribution in [0.5, 0.6) is 0 Å². The number of hydrogen-bond donors (Lipinski definition) is 5. The number of rotatable bonds is 9. The molecule has 160 valence electrons. The molecule has 0 aliphatic rings. The Hall–Kier alpha value is -2.92. The number of nitrogens with two attached hydrogens (primary N) is 1. The summed E-state index contributed by atoms with van der Waals surface area (Å²) in [4.78, 5) is 37.0. The Balaban J connectivity index is 1.95. The van der Waals surface area contributed by atoms with E-state index in [9.17, 15) is 14.4 Å². The van der Waals surface area contributed by atoms with E-state index >= 15 is 0 Å². The Morgan fingerprint density at radius 2 is 2.07 bits per heavy atom. The van der Waals surface area contributed by atoms with Gasteiger partial charge in [0.1, 0.15) is 6.61 Å². The highest BCUT2D eigenvalue weighted by molar-refractivity contribution is 9.10. The number of anilines is 1. The van der Waals surface area contributed by atoms with Gasteiger partial charge in [-0.2, -0.15) is 0 Å². The molecule has 11 heteroatoms. The molecule has 9 nitrogen and oxygen atoms in total. The number of hydrogen-bond acceptors (Lipinski definition) is 6. The molecule has 2 rings (SSSR count). The summed E-state index contributed by atoms with van der Waals surface area (Å²) in [7, 11) is 0. The summed E-state index contributed by atoms with van der Waals surface area (Å²) in [6.45, 7) is 1.43. The van der Waals surface area contributed by atoms with E-state index in [0.29, 0.717) is 11.3 Å². The zero-order chi connectivity index (χ0) is 22.1. The first-order chi connectivity index (χ1) is 14.3. The van der Waals surface area contributed by atoms with Gasteiger partial charge in [-0.3, -0.25) is 19.8 Å². The molecular formula is C19H22BrN5O4S. The lowest BCUT2D eigenvalue weighted by atomic mass is 10.2. The van der Waals surface area contributed by atoms with E-state index in [0.717, 1.165) is 9.35 Å². The Bertz CT molecular complexity index is 933. The summed E-state index contributed by atoms with van der Waals surface area (Å²) in [5, 5.41) is 17.0. The topological polar surface area (TPSA) is 146 Å². The van der Waals surface area contributed by atoms with Gasteiger partial charge in [0.2, 0.25) is 5.91 Å². The predicted molar refractivity (Wildman–Crippen MR) is 118 cm³/mol.